The van der Waals surface area contributed by atoms with Gasteiger partial charge in [-0.3, -0.25) is 9.69 Å². The lowest BCUT2D eigenvalue weighted by molar-refractivity contribution is 0.253. The number of unbranched alkanes of at least 4 members (excludes halogenated alkanes) is 2. The fraction of sp³-hybridized carbons (Fsp3) is 0.421. The Balaban J connectivity index is 1.65. The Kier molecular flexibility index (Phi) is 6.26. The molecule has 0 unspecified atom stereocenters. The molecule has 1 saturated heterocycles. The number of anilines is 1. The van der Waals surface area contributed by atoms with E-state index in [2.05, 4.69) is 21.0 Å². The van der Waals surface area contributed by atoms with Crippen molar-refractivity contribution in [2.45, 2.75) is 19.3 Å². The number of rotatable bonds is 6. The van der Waals surface area contributed by atoms with Gasteiger partial charge in [-0.25, -0.2) is 0 Å². The maximum Gasteiger partial charge on any atom is 0.292 e. The zero-order chi connectivity index (χ0) is 18.4. The molecule has 0 saturated carbocycles. The van der Waals surface area contributed by atoms with E-state index in [1.807, 2.05) is 30.3 Å². The van der Waals surface area contributed by atoms with E-state index in [-0.39, 0.29) is 10.6 Å². The summed E-state index contributed by atoms with van der Waals surface area (Å²) in [5, 5.41) is 13.1. The quantitative estimate of drug-likeness (QED) is 0.730. The first-order chi connectivity index (χ1) is 12.7. The summed E-state index contributed by atoms with van der Waals surface area (Å²) in [6.07, 6.45) is 4.30. The molecule has 0 aliphatic carbocycles. The van der Waals surface area contributed by atoms with Gasteiger partial charge in [0.25, 0.3) is 5.56 Å². The minimum atomic E-state index is -0.297. The second kappa shape index (κ2) is 8.84. The van der Waals surface area contributed by atoms with E-state index < -0.39 is 0 Å². The number of aromatic nitrogens is 2. The minimum absolute atomic E-state index is 0.214. The molecule has 3 rings (SSSR count). The number of hydrogen-bond acceptors (Lipinski definition) is 5. The van der Waals surface area contributed by atoms with Gasteiger partial charge in [-0.05, 0) is 31.5 Å². The van der Waals surface area contributed by atoms with E-state index >= 15 is 0 Å². The van der Waals surface area contributed by atoms with Gasteiger partial charge in [0, 0.05) is 32.6 Å². The second-order valence-electron chi connectivity index (χ2n) is 6.34. The zero-order valence-electron chi connectivity index (χ0n) is 14.6. The topological polar surface area (TPSA) is 65.2 Å². The Bertz CT molecular complexity index is 822. The number of nitrogens with zero attached hydrogens (tertiary/aromatic N) is 5. The van der Waals surface area contributed by atoms with Crippen LogP contribution in [0.15, 0.2) is 41.3 Å². The van der Waals surface area contributed by atoms with Gasteiger partial charge < -0.3 is 4.90 Å². The maximum absolute atomic E-state index is 12.6. The van der Waals surface area contributed by atoms with Crippen molar-refractivity contribution in [2.24, 2.45) is 0 Å². The number of hydrogen-bond donors (Lipinski definition) is 0. The van der Waals surface area contributed by atoms with Crippen LogP contribution in [-0.4, -0.2) is 47.4 Å². The molecule has 0 N–H and O–H groups in total. The van der Waals surface area contributed by atoms with E-state index in [1.54, 1.807) is 6.20 Å². The van der Waals surface area contributed by atoms with Crippen molar-refractivity contribution < 1.29 is 0 Å². The monoisotopic (exact) mass is 371 g/mol. The highest BCUT2D eigenvalue weighted by Crippen LogP contribution is 2.23. The molecule has 0 spiro atoms. The van der Waals surface area contributed by atoms with E-state index in [0.29, 0.717) is 17.8 Å². The Morgan fingerprint density at radius 2 is 1.85 bits per heavy atom. The van der Waals surface area contributed by atoms with Crippen molar-refractivity contribution in [1.82, 2.24) is 14.7 Å². The molecule has 6 nitrogen and oxygen atoms in total. The van der Waals surface area contributed by atoms with Gasteiger partial charge in [0.05, 0.1) is 23.6 Å². The number of halogens is 1. The molecule has 1 aliphatic rings. The predicted molar refractivity (Wildman–Crippen MR) is 103 cm³/mol. The Morgan fingerprint density at radius 3 is 2.54 bits per heavy atom. The van der Waals surface area contributed by atoms with E-state index in [0.717, 1.165) is 45.6 Å². The summed E-state index contributed by atoms with van der Waals surface area (Å²) in [4.78, 5) is 17.1. The summed E-state index contributed by atoms with van der Waals surface area (Å²) in [5.74, 6) is 0. The molecule has 0 amide bonds. The van der Waals surface area contributed by atoms with E-state index in [9.17, 15) is 4.79 Å². The summed E-state index contributed by atoms with van der Waals surface area (Å²) in [6.45, 7) is 4.48. The van der Waals surface area contributed by atoms with Gasteiger partial charge in [0.15, 0.2) is 0 Å². The molecule has 7 heteroatoms. The predicted octanol–water partition coefficient (Wildman–Crippen LogP) is 2.70. The Morgan fingerprint density at radius 1 is 1.12 bits per heavy atom. The molecular formula is C19H22ClN5O. The highest BCUT2D eigenvalue weighted by atomic mass is 35.5. The largest absolute Gasteiger partial charge is 0.366 e. The fourth-order valence-electron chi connectivity index (χ4n) is 3.15. The highest BCUT2D eigenvalue weighted by Gasteiger charge is 2.21. The number of nitriles is 1. The number of benzene rings is 1. The van der Waals surface area contributed by atoms with Crippen molar-refractivity contribution in [3.63, 3.8) is 0 Å². The van der Waals surface area contributed by atoms with Crippen LogP contribution in [-0.2, 0) is 0 Å². The Hall–Kier alpha value is -2.36. The molecule has 2 aromatic rings. The van der Waals surface area contributed by atoms with Crippen LogP contribution in [0.3, 0.4) is 0 Å². The SMILES string of the molecule is N#CCCCCN1CCN(c2cnn(-c3ccccc3)c(=O)c2Cl)CC1. The highest BCUT2D eigenvalue weighted by molar-refractivity contribution is 6.33. The van der Waals surface area contributed by atoms with Gasteiger partial charge in [-0.1, -0.05) is 29.8 Å². The van der Waals surface area contributed by atoms with Crippen LogP contribution < -0.4 is 10.5 Å². The van der Waals surface area contributed by atoms with Crippen LogP contribution >= 0.6 is 11.6 Å². The minimum Gasteiger partial charge on any atom is -0.366 e. The molecule has 1 fully saturated rings. The molecule has 136 valence electrons. The van der Waals surface area contributed by atoms with Gasteiger partial charge in [-0.15, -0.1) is 0 Å². The molecule has 26 heavy (non-hydrogen) atoms. The molecule has 0 radical (unpaired) electrons. The lowest BCUT2D eigenvalue weighted by atomic mass is 10.2. The Labute approximate surface area is 158 Å². The average Bonchev–Trinajstić information content (AvgIpc) is 2.69. The van der Waals surface area contributed by atoms with Crippen LogP contribution in [0.2, 0.25) is 5.02 Å². The van der Waals surface area contributed by atoms with Gasteiger partial charge in [-0.2, -0.15) is 15.0 Å². The van der Waals surface area contributed by atoms with Crippen molar-refractivity contribution in [2.75, 3.05) is 37.6 Å². The normalized spacial score (nSPS) is 15.0. The molecular weight excluding hydrogens is 350 g/mol. The van der Waals surface area contributed by atoms with Crippen molar-refractivity contribution >= 4 is 17.3 Å². The van der Waals surface area contributed by atoms with Crippen LogP contribution in [0.1, 0.15) is 19.3 Å². The third-order valence-corrected chi connectivity index (χ3v) is 4.98. The first-order valence-electron chi connectivity index (χ1n) is 8.88. The number of piperazine rings is 1. The van der Waals surface area contributed by atoms with Crippen molar-refractivity contribution in [3.05, 3.63) is 51.9 Å². The molecule has 1 aromatic carbocycles. The molecule has 2 heterocycles. The zero-order valence-corrected chi connectivity index (χ0v) is 15.4. The fourth-order valence-corrected chi connectivity index (χ4v) is 3.40. The lowest BCUT2D eigenvalue weighted by Crippen LogP contribution is -2.47. The summed E-state index contributed by atoms with van der Waals surface area (Å²) in [7, 11) is 0. The smallest absolute Gasteiger partial charge is 0.292 e. The third-order valence-electron chi connectivity index (χ3n) is 4.63. The summed E-state index contributed by atoms with van der Waals surface area (Å²) < 4.78 is 1.33. The van der Waals surface area contributed by atoms with Crippen LogP contribution in [0.25, 0.3) is 5.69 Å². The molecule has 1 aliphatic heterocycles. The van der Waals surface area contributed by atoms with Crippen LogP contribution in [0.5, 0.6) is 0 Å². The summed E-state index contributed by atoms with van der Waals surface area (Å²) in [5.41, 5.74) is 1.11. The van der Waals surface area contributed by atoms with E-state index in [1.165, 1.54) is 4.68 Å². The lowest BCUT2D eigenvalue weighted by Gasteiger charge is -2.36. The summed E-state index contributed by atoms with van der Waals surface area (Å²) >= 11 is 6.38. The van der Waals surface area contributed by atoms with E-state index in [4.69, 9.17) is 16.9 Å². The second-order valence-corrected chi connectivity index (χ2v) is 6.72. The maximum atomic E-state index is 12.6. The third kappa shape index (κ3) is 4.24. The molecule has 1 aromatic heterocycles. The van der Waals surface area contributed by atoms with Gasteiger partial charge >= 0.3 is 0 Å². The first-order valence-corrected chi connectivity index (χ1v) is 9.26. The van der Waals surface area contributed by atoms with Crippen LogP contribution in [0.4, 0.5) is 5.69 Å². The standard InChI is InChI=1S/C19H22ClN5O/c20-18-17(15-22-25(19(18)26)16-7-3-1-4-8-16)24-13-11-23(12-14-24)10-6-2-5-9-21/h1,3-4,7-8,15H,2,5-6,10-14H2. The first kappa shape index (κ1) is 18.4. The van der Waals surface area contributed by atoms with Crippen LogP contribution in [0, 0.1) is 11.3 Å². The van der Waals surface area contributed by atoms with Gasteiger partial charge in [0.2, 0.25) is 0 Å². The van der Waals surface area contributed by atoms with Crippen molar-refractivity contribution in [1.29, 1.82) is 5.26 Å². The molecule has 0 bridgehead atoms. The van der Waals surface area contributed by atoms with Crippen molar-refractivity contribution in [3.8, 4) is 11.8 Å². The number of para-hydroxylation sites is 1. The summed E-state index contributed by atoms with van der Waals surface area (Å²) in [6, 6.07) is 11.5. The molecule has 0 atom stereocenters. The van der Waals surface area contributed by atoms with Gasteiger partial charge in [0.1, 0.15) is 5.02 Å². The average molecular weight is 372 g/mol.